The number of nitrogens with two attached hydrogens (primary N) is 1. The molecule has 1 heterocycles. The number of rotatable bonds is 1. The summed E-state index contributed by atoms with van der Waals surface area (Å²) in [6, 6.07) is 13.1. The zero-order chi connectivity index (χ0) is 11.8. The Hall–Kier alpha value is -2.42. The summed E-state index contributed by atoms with van der Waals surface area (Å²) in [6.45, 7) is 0. The zero-order valence-electron chi connectivity index (χ0n) is 9.14. The largest absolute Gasteiger partial charge is 0.508 e. The molecule has 84 valence electrons. The number of phenolic OH excluding ortho intramolecular Hbond substituents is 1. The van der Waals surface area contributed by atoms with E-state index in [9.17, 15) is 5.11 Å². The molecule has 0 unspecified atom stereocenters. The molecule has 0 fully saturated rings. The van der Waals surface area contributed by atoms with Crippen molar-refractivity contribution in [3.63, 3.8) is 0 Å². The maximum Gasteiger partial charge on any atom is 0.117 e. The van der Waals surface area contributed by atoms with Crippen LogP contribution in [0.25, 0.3) is 22.0 Å². The molecule has 0 atom stereocenters. The van der Waals surface area contributed by atoms with Gasteiger partial charge in [-0.3, -0.25) is 0 Å². The van der Waals surface area contributed by atoms with Crippen LogP contribution < -0.4 is 5.73 Å². The fourth-order valence-electron chi connectivity index (χ4n) is 2.09. The molecule has 0 radical (unpaired) electrons. The highest BCUT2D eigenvalue weighted by molar-refractivity contribution is 5.98. The number of para-hydroxylation sites is 1. The second-order valence-corrected chi connectivity index (χ2v) is 4.02. The Bertz CT molecular complexity index is 686. The van der Waals surface area contributed by atoms with Crippen molar-refractivity contribution in [3.8, 4) is 16.9 Å². The van der Waals surface area contributed by atoms with Gasteiger partial charge in [0.25, 0.3) is 0 Å². The van der Waals surface area contributed by atoms with Gasteiger partial charge in [0.15, 0.2) is 0 Å². The van der Waals surface area contributed by atoms with Crippen LogP contribution in [-0.4, -0.2) is 10.1 Å². The maximum atomic E-state index is 9.36. The number of benzene rings is 2. The zero-order valence-corrected chi connectivity index (χ0v) is 9.14. The van der Waals surface area contributed by atoms with E-state index in [0.717, 1.165) is 22.0 Å². The lowest BCUT2D eigenvalue weighted by atomic mass is 10.0. The molecule has 0 aliphatic carbocycles. The number of hydrogen-bond donors (Lipinski definition) is 3. The van der Waals surface area contributed by atoms with Crippen LogP contribution in [0.5, 0.6) is 5.75 Å². The summed E-state index contributed by atoms with van der Waals surface area (Å²) in [5.41, 5.74) is 9.57. The molecule has 0 aliphatic rings. The van der Waals surface area contributed by atoms with Gasteiger partial charge in [-0.25, -0.2) is 0 Å². The second-order valence-electron chi connectivity index (χ2n) is 4.02. The lowest BCUT2D eigenvalue weighted by Gasteiger charge is -2.04. The van der Waals surface area contributed by atoms with Crippen LogP contribution in [-0.2, 0) is 0 Å². The molecule has 17 heavy (non-hydrogen) atoms. The van der Waals surface area contributed by atoms with Crippen molar-refractivity contribution in [2.75, 3.05) is 5.73 Å². The molecule has 0 bridgehead atoms. The minimum Gasteiger partial charge on any atom is -0.508 e. The van der Waals surface area contributed by atoms with Gasteiger partial charge in [-0.05, 0) is 18.2 Å². The molecule has 0 spiro atoms. The number of aromatic nitrogens is 1. The van der Waals surface area contributed by atoms with Crippen molar-refractivity contribution in [1.29, 1.82) is 0 Å². The minimum atomic E-state index is 0.186. The summed E-state index contributed by atoms with van der Waals surface area (Å²) < 4.78 is 0. The summed E-state index contributed by atoms with van der Waals surface area (Å²) >= 11 is 0. The van der Waals surface area contributed by atoms with E-state index < -0.39 is 0 Å². The predicted molar refractivity (Wildman–Crippen MR) is 69.8 cm³/mol. The first-order valence-electron chi connectivity index (χ1n) is 5.41. The number of nitrogen functional groups attached to an aromatic ring is 1. The number of anilines is 1. The minimum absolute atomic E-state index is 0.186. The molecular weight excluding hydrogens is 212 g/mol. The number of H-pyrrole nitrogens is 1. The third-order valence-corrected chi connectivity index (χ3v) is 2.91. The third kappa shape index (κ3) is 1.52. The first kappa shape index (κ1) is 9.78. The Kier molecular flexibility index (Phi) is 2.05. The average Bonchev–Trinajstić information content (AvgIpc) is 2.73. The van der Waals surface area contributed by atoms with Gasteiger partial charge in [0.1, 0.15) is 5.75 Å². The fourth-order valence-corrected chi connectivity index (χ4v) is 2.09. The Balaban J connectivity index is 2.27. The number of hydrogen-bond acceptors (Lipinski definition) is 2. The van der Waals surface area contributed by atoms with Crippen LogP contribution in [0.2, 0.25) is 0 Å². The number of fused-ring (bicyclic) bond motifs is 1. The number of phenols is 1. The van der Waals surface area contributed by atoms with E-state index in [4.69, 9.17) is 5.73 Å². The molecule has 1 aromatic heterocycles. The maximum absolute atomic E-state index is 9.36. The molecule has 3 heteroatoms. The van der Waals surface area contributed by atoms with E-state index in [1.165, 1.54) is 0 Å². The predicted octanol–water partition coefficient (Wildman–Crippen LogP) is 3.12. The van der Waals surface area contributed by atoms with E-state index in [-0.39, 0.29) is 5.75 Å². The van der Waals surface area contributed by atoms with Gasteiger partial charge in [0.2, 0.25) is 0 Å². The van der Waals surface area contributed by atoms with Gasteiger partial charge in [0, 0.05) is 40.0 Å². The SMILES string of the molecule is Nc1cc(O)ccc1-c1c[nH]c2ccccc12. The molecule has 4 N–H and O–H groups in total. The molecule has 0 saturated heterocycles. The highest BCUT2D eigenvalue weighted by Gasteiger charge is 2.08. The van der Waals surface area contributed by atoms with Crippen LogP contribution >= 0.6 is 0 Å². The summed E-state index contributed by atoms with van der Waals surface area (Å²) in [4.78, 5) is 3.21. The van der Waals surface area contributed by atoms with Crippen molar-refractivity contribution in [2.45, 2.75) is 0 Å². The van der Waals surface area contributed by atoms with E-state index in [2.05, 4.69) is 4.98 Å². The molecule has 3 rings (SSSR count). The molecule has 2 aromatic carbocycles. The summed E-state index contributed by atoms with van der Waals surface area (Å²) in [5.74, 6) is 0.186. The van der Waals surface area contributed by atoms with Crippen molar-refractivity contribution in [2.24, 2.45) is 0 Å². The topological polar surface area (TPSA) is 62.0 Å². The van der Waals surface area contributed by atoms with Gasteiger partial charge in [-0.1, -0.05) is 18.2 Å². The van der Waals surface area contributed by atoms with Crippen LogP contribution in [0, 0.1) is 0 Å². The Labute approximate surface area is 98.5 Å². The van der Waals surface area contributed by atoms with Crippen LogP contribution in [0.15, 0.2) is 48.7 Å². The summed E-state index contributed by atoms with van der Waals surface area (Å²) in [5, 5.41) is 10.5. The highest BCUT2D eigenvalue weighted by Crippen LogP contribution is 2.33. The van der Waals surface area contributed by atoms with Crippen molar-refractivity contribution in [3.05, 3.63) is 48.7 Å². The third-order valence-electron chi connectivity index (χ3n) is 2.91. The Morgan fingerprint density at radius 1 is 1.00 bits per heavy atom. The second kappa shape index (κ2) is 3.56. The molecule has 3 aromatic rings. The number of nitrogens with one attached hydrogen (secondary N) is 1. The van der Waals surface area contributed by atoms with E-state index in [1.807, 2.05) is 36.5 Å². The van der Waals surface area contributed by atoms with Gasteiger partial charge in [-0.15, -0.1) is 0 Å². The number of aromatic amines is 1. The van der Waals surface area contributed by atoms with Gasteiger partial charge < -0.3 is 15.8 Å². The molecule has 3 nitrogen and oxygen atoms in total. The smallest absolute Gasteiger partial charge is 0.117 e. The van der Waals surface area contributed by atoms with Gasteiger partial charge in [-0.2, -0.15) is 0 Å². The van der Waals surface area contributed by atoms with E-state index in [0.29, 0.717) is 5.69 Å². The van der Waals surface area contributed by atoms with Crippen LogP contribution in [0.4, 0.5) is 5.69 Å². The first-order chi connectivity index (χ1) is 8.25. The first-order valence-corrected chi connectivity index (χ1v) is 5.41. The number of aromatic hydroxyl groups is 1. The monoisotopic (exact) mass is 224 g/mol. The van der Waals surface area contributed by atoms with Gasteiger partial charge >= 0.3 is 0 Å². The molecule has 0 aliphatic heterocycles. The van der Waals surface area contributed by atoms with Crippen LogP contribution in [0.1, 0.15) is 0 Å². The highest BCUT2D eigenvalue weighted by atomic mass is 16.3. The van der Waals surface area contributed by atoms with E-state index in [1.54, 1.807) is 12.1 Å². The average molecular weight is 224 g/mol. The molecule has 0 amide bonds. The van der Waals surface area contributed by atoms with E-state index >= 15 is 0 Å². The molecule has 0 saturated carbocycles. The summed E-state index contributed by atoms with van der Waals surface area (Å²) in [7, 11) is 0. The Morgan fingerprint density at radius 3 is 2.65 bits per heavy atom. The van der Waals surface area contributed by atoms with Crippen LogP contribution in [0.3, 0.4) is 0 Å². The standard InChI is InChI=1S/C14H12N2O/c15-13-7-9(17)5-6-10(13)12-8-16-14-4-2-1-3-11(12)14/h1-8,16-17H,15H2. The van der Waals surface area contributed by atoms with Crippen molar-refractivity contribution in [1.82, 2.24) is 4.98 Å². The normalized spacial score (nSPS) is 10.8. The summed E-state index contributed by atoms with van der Waals surface area (Å²) in [6.07, 6.45) is 1.94. The van der Waals surface area contributed by atoms with Crippen molar-refractivity contribution < 1.29 is 5.11 Å². The fraction of sp³-hybridized carbons (Fsp3) is 0. The Morgan fingerprint density at radius 2 is 1.82 bits per heavy atom. The quantitative estimate of drug-likeness (QED) is 0.556. The lowest BCUT2D eigenvalue weighted by Crippen LogP contribution is -1.88. The molecular formula is C14H12N2O. The van der Waals surface area contributed by atoms with Crippen molar-refractivity contribution >= 4 is 16.6 Å². The lowest BCUT2D eigenvalue weighted by molar-refractivity contribution is 0.476. The van der Waals surface area contributed by atoms with Gasteiger partial charge in [0.05, 0.1) is 0 Å².